The van der Waals surface area contributed by atoms with Gasteiger partial charge in [-0.05, 0) is 37.8 Å². The summed E-state index contributed by atoms with van der Waals surface area (Å²) in [5, 5.41) is 9.47. The molecule has 2 heterocycles. The Morgan fingerprint density at radius 2 is 2.28 bits per heavy atom. The van der Waals surface area contributed by atoms with E-state index in [2.05, 4.69) is 46.8 Å². The molecule has 18 heavy (non-hydrogen) atoms. The van der Waals surface area contributed by atoms with Crippen LogP contribution in [0.4, 0.5) is 5.82 Å². The molecular weight excluding hydrogens is 222 g/mol. The Labute approximate surface area is 108 Å². The third-order valence-corrected chi connectivity index (χ3v) is 3.56. The first-order chi connectivity index (χ1) is 8.83. The second-order valence-electron chi connectivity index (χ2n) is 5.07. The Bertz CT molecular complexity index is 544. The van der Waals surface area contributed by atoms with E-state index >= 15 is 0 Å². The Kier molecular flexibility index (Phi) is 3.15. The monoisotopic (exact) mass is 241 g/mol. The number of pyridine rings is 1. The number of anilines is 1. The SMILES string of the molecule is Cc1ccc2c(NC3CCCNC3)nccc2c1. The van der Waals surface area contributed by atoms with Gasteiger partial charge in [-0.3, -0.25) is 0 Å². The highest BCUT2D eigenvalue weighted by Gasteiger charge is 2.14. The van der Waals surface area contributed by atoms with Crippen molar-refractivity contribution in [1.29, 1.82) is 0 Å². The maximum Gasteiger partial charge on any atom is 0.134 e. The van der Waals surface area contributed by atoms with E-state index in [4.69, 9.17) is 0 Å². The van der Waals surface area contributed by atoms with Gasteiger partial charge in [0.25, 0.3) is 0 Å². The van der Waals surface area contributed by atoms with E-state index in [0.29, 0.717) is 6.04 Å². The van der Waals surface area contributed by atoms with Crippen molar-refractivity contribution in [2.75, 3.05) is 18.4 Å². The Balaban J connectivity index is 1.91. The van der Waals surface area contributed by atoms with Crippen LogP contribution >= 0.6 is 0 Å². The van der Waals surface area contributed by atoms with Gasteiger partial charge in [0.1, 0.15) is 5.82 Å². The second-order valence-corrected chi connectivity index (χ2v) is 5.07. The fraction of sp³-hybridized carbons (Fsp3) is 0.400. The van der Waals surface area contributed by atoms with Crippen molar-refractivity contribution in [3.8, 4) is 0 Å². The molecule has 0 radical (unpaired) electrons. The van der Waals surface area contributed by atoms with Gasteiger partial charge in [0, 0.05) is 24.2 Å². The third-order valence-electron chi connectivity index (χ3n) is 3.56. The first-order valence-corrected chi connectivity index (χ1v) is 6.65. The minimum absolute atomic E-state index is 0.498. The molecule has 0 saturated carbocycles. The molecule has 1 aliphatic heterocycles. The number of fused-ring (bicyclic) bond motifs is 1. The van der Waals surface area contributed by atoms with E-state index in [1.165, 1.54) is 29.2 Å². The van der Waals surface area contributed by atoms with Gasteiger partial charge in [0.2, 0.25) is 0 Å². The molecule has 1 fully saturated rings. The lowest BCUT2D eigenvalue weighted by Gasteiger charge is -2.24. The molecular formula is C15H19N3. The van der Waals surface area contributed by atoms with E-state index in [0.717, 1.165) is 18.9 Å². The topological polar surface area (TPSA) is 37.0 Å². The van der Waals surface area contributed by atoms with Crippen molar-refractivity contribution in [2.24, 2.45) is 0 Å². The molecule has 1 unspecified atom stereocenters. The van der Waals surface area contributed by atoms with Crippen LogP contribution in [0.3, 0.4) is 0 Å². The Hall–Kier alpha value is -1.61. The smallest absolute Gasteiger partial charge is 0.134 e. The van der Waals surface area contributed by atoms with Crippen LogP contribution in [0.15, 0.2) is 30.5 Å². The molecule has 0 bridgehead atoms. The molecule has 1 aliphatic rings. The van der Waals surface area contributed by atoms with Gasteiger partial charge in [0.15, 0.2) is 0 Å². The zero-order valence-corrected chi connectivity index (χ0v) is 10.7. The fourth-order valence-electron chi connectivity index (χ4n) is 2.58. The Morgan fingerprint density at radius 1 is 1.33 bits per heavy atom. The average Bonchev–Trinajstić information content (AvgIpc) is 2.40. The van der Waals surface area contributed by atoms with Gasteiger partial charge in [-0.1, -0.05) is 23.8 Å². The summed E-state index contributed by atoms with van der Waals surface area (Å²) in [4.78, 5) is 4.49. The molecule has 2 N–H and O–H groups in total. The lowest BCUT2D eigenvalue weighted by molar-refractivity contribution is 0.479. The predicted octanol–water partition coefficient (Wildman–Crippen LogP) is 2.71. The summed E-state index contributed by atoms with van der Waals surface area (Å²) in [5.74, 6) is 1.02. The standard InChI is InChI=1S/C15H19N3/c1-11-4-5-14-12(9-11)6-8-17-15(14)18-13-3-2-7-16-10-13/h4-6,8-9,13,16H,2-3,7,10H2,1H3,(H,17,18). The van der Waals surface area contributed by atoms with Gasteiger partial charge < -0.3 is 10.6 Å². The summed E-state index contributed by atoms with van der Waals surface area (Å²) in [7, 11) is 0. The summed E-state index contributed by atoms with van der Waals surface area (Å²) in [6.45, 7) is 4.29. The van der Waals surface area contributed by atoms with Crippen LogP contribution in [0.5, 0.6) is 0 Å². The fourth-order valence-corrected chi connectivity index (χ4v) is 2.58. The van der Waals surface area contributed by atoms with Gasteiger partial charge in [0.05, 0.1) is 0 Å². The number of aromatic nitrogens is 1. The van der Waals surface area contributed by atoms with Crippen LogP contribution in [0.2, 0.25) is 0 Å². The van der Waals surface area contributed by atoms with Gasteiger partial charge in [-0.25, -0.2) is 4.98 Å². The molecule has 3 heteroatoms. The maximum absolute atomic E-state index is 4.49. The lowest BCUT2D eigenvalue weighted by atomic mass is 10.1. The van der Waals surface area contributed by atoms with Crippen molar-refractivity contribution >= 4 is 16.6 Å². The number of benzene rings is 1. The van der Waals surface area contributed by atoms with Crippen molar-refractivity contribution in [1.82, 2.24) is 10.3 Å². The molecule has 3 rings (SSSR count). The van der Waals surface area contributed by atoms with Gasteiger partial charge in [-0.15, -0.1) is 0 Å². The molecule has 2 aromatic rings. The summed E-state index contributed by atoms with van der Waals surface area (Å²) in [6.07, 6.45) is 4.35. The van der Waals surface area contributed by atoms with E-state index in [1.54, 1.807) is 0 Å². The van der Waals surface area contributed by atoms with E-state index in [1.807, 2.05) is 6.20 Å². The highest BCUT2D eigenvalue weighted by molar-refractivity contribution is 5.92. The highest BCUT2D eigenvalue weighted by Crippen LogP contribution is 2.23. The van der Waals surface area contributed by atoms with E-state index in [9.17, 15) is 0 Å². The number of rotatable bonds is 2. The van der Waals surface area contributed by atoms with Crippen LogP contribution in [0.1, 0.15) is 18.4 Å². The quantitative estimate of drug-likeness (QED) is 0.849. The Morgan fingerprint density at radius 3 is 3.11 bits per heavy atom. The van der Waals surface area contributed by atoms with E-state index < -0.39 is 0 Å². The molecule has 94 valence electrons. The number of nitrogens with one attached hydrogen (secondary N) is 2. The molecule has 1 aromatic heterocycles. The van der Waals surface area contributed by atoms with Crippen molar-refractivity contribution in [3.05, 3.63) is 36.0 Å². The molecule has 3 nitrogen and oxygen atoms in total. The predicted molar refractivity (Wildman–Crippen MR) is 76.0 cm³/mol. The van der Waals surface area contributed by atoms with Crippen molar-refractivity contribution in [3.63, 3.8) is 0 Å². The summed E-state index contributed by atoms with van der Waals surface area (Å²) in [5.41, 5.74) is 1.29. The van der Waals surface area contributed by atoms with Crippen LogP contribution in [0.25, 0.3) is 10.8 Å². The van der Waals surface area contributed by atoms with Crippen molar-refractivity contribution in [2.45, 2.75) is 25.8 Å². The normalized spacial score (nSPS) is 19.9. The zero-order chi connectivity index (χ0) is 12.4. The number of nitrogens with zero attached hydrogens (tertiary/aromatic N) is 1. The van der Waals surface area contributed by atoms with E-state index in [-0.39, 0.29) is 0 Å². The summed E-state index contributed by atoms with van der Waals surface area (Å²) < 4.78 is 0. The maximum atomic E-state index is 4.49. The highest BCUT2D eigenvalue weighted by atomic mass is 15.1. The molecule has 0 amide bonds. The van der Waals surface area contributed by atoms with Gasteiger partial charge in [-0.2, -0.15) is 0 Å². The first kappa shape index (κ1) is 11.5. The summed E-state index contributed by atoms with van der Waals surface area (Å²) in [6, 6.07) is 9.09. The van der Waals surface area contributed by atoms with Crippen LogP contribution in [-0.4, -0.2) is 24.1 Å². The first-order valence-electron chi connectivity index (χ1n) is 6.65. The lowest BCUT2D eigenvalue weighted by Crippen LogP contribution is -2.38. The number of hydrogen-bond donors (Lipinski definition) is 2. The molecule has 0 aliphatic carbocycles. The van der Waals surface area contributed by atoms with Crippen molar-refractivity contribution < 1.29 is 0 Å². The minimum atomic E-state index is 0.498. The van der Waals surface area contributed by atoms with Crippen LogP contribution in [-0.2, 0) is 0 Å². The third kappa shape index (κ3) is 2.31. The zero-order valence-electron chi connectivity index (χ0n) is 10.7. The minimum Gasteiger partial charge on any atom is -0.366 e. The van der Waals surface area contributed by atoms with Crippen LogP contribution < -0.4 is 10.6 Å². The molecule has 0 spiro atoms. The van der Waals surface area contributed by atoms with Crippen LogP contribution in [0, 0.1) is 6.92 Å². The largest absolute Gasteiger partial charge is 0.366 e. The number of aryl methyl sites for hydroxylation is 1. The molecule has 1 saturated heterocycles. The average molecular weight is 241 g/mol. The summed E-state index contributed by atoms with van der Waals surface area (Å²) >= 11 is 0. The molecule has 1 atom stereocenters. The molecule has 1 aromatic carbocycles. The second kappa shape index (κ2) is 4.94. The number of piperidine rings is 1. The van der Waals surface area contributed by atoms with Gasteiger partial charge >= 0.3 is 0 Å². The number of hydrogen-bond acceptors (Lipinski definition) is 3.